The summed E-state index contributed by atoms with van der Waals surface area (Å²) in [6.07, 6.45) is 2.09. The van der Waals surface area contributed by atoms with E-state index in [0.717, 1.165) is 25.9 Å². The lowest BCUT2D eigenvalue weighted by molar-refractivity contribution is -0.149. The second kappa shape index (κ2) is 8.48. The highest BCUT2D eigenvalue weighted by Gasteiger charge is 2.36. The molecule has 0 heterocycles. The first-order valence-electron chi connectivity index (χ1n) is 6.98. The molecule has 0 saturated heterocycles. The summed E-state index contributed by atoms with van der Waals surface area (Å²) in [5.41, 5.74) is -0.621. The number of methoxy groups -OCH3 is 1. The summed E-state index contributed by atoms with van der Waals surface area (Å²) in [5, 5.41) is 3.32. The monoisotopic (exact) mass is 258 g/mol. The fraction of sp³-hybridized carbons (Fsp3) is 0.929. The molecule has 0 spiro atoms. The number of esters is 1. The minimum absolute atomic E-state index is 0.183. The fourth-order valence-electron chi connectivity index (χ4n) is 2.03. The molecule has 0 aliphatic carbocycles. The van der Waals surface area contributed by atoms with Gasteiger partial charge in [-0.1, -0.05) is 13.8 Å². The van der Waals surface area contributed by atoms with Crippen molar-refractivity contribution in [1.82, 2.24) is 10.2 Å². The first-order chi connectivity index (χ1) is 8.41. The highest BCUT2D eigenvalue weighted by atomic mass is 16.5. The number of ether oxygens (including phenoxy) is 1. The van der Waals surface area contributed by atoms with Crippen LogP contribution in [-0.4, -0.2) is 49.2 Å². The number of hydrogen-bond acceptors (Lipinski definition) is 4. The van der Waals surface area contributed by atoms with E-state index in [-0.39, 0.29) is 5.97 Å². The van der Waals surface area contributed by atoms with Gasteiger partial charge in [0.1, 0.15) is 5.54 Å². The second-order valence-corrected chi connectivity index (χ2v) is 5.31. The number of nitrogens with zero attached hydrogens (tertiary/aromatic N) is 1. The molecular weight excluding hydrogens is 228 g/mol. The molecule has 0 amide bonds. The van der Waals surface area contributed by atoms with Gasteiger partial charge in [0, 0.05) is 12.6 Å². The quantitative estimate of drug-likeness (QED) is 0.643. The van der Waals surface area contributed by atoms with Gasteiger partial charge in [-0.3, -0.25) is 9.69 Å². The summed E-state index contributed by atoms with van der Waals surface area (Å²) in [7, 11) is 1.45. The van der Waals surface area contributed by atoms with Crippen molar-refractivity contribution in [3.05, 3.63) is 0 Å². The average molecular weight is 258 g/mol. The van der Waals surface area contributed by atoms with E-state index in [1.165, 1.54) is 7.11 Å². The molecule has 0 saturated carbocycles. The summed E-state index contributed by atoms with van der Waals surface area (Å²) < 4.78 is 4.94. The van der Waals surface area contributed by atoms with E-state index in [4.69, 9.17) is 4.74 Å². The Morgan fingerprint density at radius 3 is 2.33 bits per heavy atom. The lowest BCUT2D eigenvalue weighted by Gasteiger charge is -2.36. The maximum Gasteiger partial charge on any atom is 0.327 e. The molecular formula is C14H30N2O2. The SMILES string of the molecule is CCCNC(C)(CN(CCC)C(C)C)C(=O)OC. The minimum Gasteiger partial charge on any atom is -0.468 e. The third-order valence-corrected chi connectivity index (χ3v) is 3.16. The van der Waals surface area contributed by atoms with Gasteiger partial charge in [0.05, 0.1) is 7.11 Å². The van der Waals surface area contributed by atoms with Crippen molar-refractivity contribution in [3.63, 3.8) is 0 Å². The molecule has 1 atom stereocenters. The third kappa shape index (κ3) is 5.36. The van der Waals surface area contributed by atoms with Crippen LogP contribution in [0.3, 0.4) is 0 Å². The topological polar surface area (TPSA) is 41.6 Å². The van der Waals surface area contributed by atoms with Crippen molar-refractivity contribution in [1.29, 1.82) is 0 Å². The van der Waals surface area contributed by atoms with Crippen LogP contribution in [0, 0.1) is 0 Å². The average Bonchev–Trinajstić information content (AvgIpc) is 2.34. The van der Waals surface area contributed by atoms with Gasteiger partial charge in [-0.05, 0) is 46.7 Å². The molecule has 0 aliphatic rings. The molecule has 108 valence electrons. The highest BCUT2D eigenvalue weighted by molar-refractivity contribution is 5.80. The maximum absolute atomic E-state index is 12.0. The molecule has 4 heteroatoms. The lowest BCUT2D eigenvalue weighted by atomic mass is 10.0. The van der Waals surface area contributed by atoms with Crippen LogP contribution in [0.4, 0.5) is 0 Å². The van der Waals surface area contributed by atoms with E-state index < -0.39 is 5.54 Å². The molecule has 1 N–H and O–H groups in total. The molecule has 0 fully saturated rings. The Bertz CT molecular complexity index is 244. The number of carbonyl (C=O) groups excluding carboxylic acids is 1. The van der Waals surface area contributed by atoms with Gasteiger partial charge in [0.2, 0.25) is 0 Å². The summed E-state index contributed by atoms with van der Waals surface area (Å²) in [4.78, 5) is 14.3. The minimum atomic E-state index is -0.621. The predicted molar refractivity (Wildman–Crippen MR) is 75.7 cm³/mol. The first kappa shape index (κ1) is 17.4. The Morgan fingerprint density at radius 1 is 1.33 bits per heavy atom. The van der Waals surface area contributed by atoms with E-state index in [9.17, 15) is 4.79 Å². The molecule has 4 nitrogen and oxygen atoms in total. The van der Waals surface area contributed by atoms with Crippen molar-refractivity contribution in [2.45, 2.75) is 59.0 Å². The largest absolute Gasteiger partial charge is 0.468 e. The zero-order chi connectivity index (χ0) is 14.2. The molecule has 0 radical (unpaired) electrons. The van der Waals surface area contributed by atoms with Crippen LogP contribution in [0.5, 0.6) is 0 Å². The van der Waals surface area contributed by atoms with Gasteiger partial charge in [-0.2, -0.15) is 0 Å². The Balaban J connectivity index is 4.78. The summed E-state index contributed by atoms with van der Waals surface area (Å²) in [6, 6.07) is 0.428. The van der Waals surface area contributed by atoms with Gasteiger partial charge >= 0.3 is 5.97 Å². The Morgan fingerprint density at radius 2 is 1.94 bits per heavy atom. The molecule has 0 aromatic heterocycles. The second-order valence-electron chi connectivity index (χ2n) is 5.31. The molecule has 1 unspecified atom stereocenters. The summed E-state index contributed by atoms with van der Waals surface area (Å²) in [5.74, 6) is -0.183. The fourth-order valence-corrected chi connectivity index (χ4v) is 2.03. The summed E-state index contributed by atoms with van der Waals surface area (Å²) in [6.45, 7) is 13.0. The zero-order valence-corrected chi connectivity index (χ0v) is 12.9. The van der Waals surface area contributed by atoms with E-state index in [1.807, 2.05) is 6.92 Å². The van der Waals surface area contributed by atoms with Crippen molar-refractivity contribution in [2.75, 3.05) is 26.7 Å². The van der Waals surface area contributed by atoms with Gasteiger partial charge in [0.25, 0.3) is 0 Å². The highest BCUT2D eigenvalue weighted by Crippen LogP contribution is 2.12. The van der Waals surface area contributed by atoms with Crippen molar-refractivity contribution < 1.29 is 9.53 Å². The zero-order valence-electron chi connectivity index (χ0n) is 12.9. The molecule has 0 rings (SSSR count). The Hall–Kier alpha value is -0.610. The smallest absolute Gasteiger partial charge is 0.327 e. The molecule has 0 aromatic carbocycles. The van der Waals surface area contributed by atoms with Gasteiger partial charge in [-0.25, -0.2) is 0 Å². The standard InChI is InChI=1S/C14H30N2O2/c1-7-9-15-14(5,13(17)18-6)11-16(10-8-2)12(3)4/h12,15H,7-11H2,1-6H3. The third-order valence-electron chi connectivity index (χ3n) is 3.16. The van der Waals surface area contributed by atoms with Crippen LogP contribution in [0.2, 0.25) is 0 Å². The Kier molecular flexibility index (Phi) is 8.20. The van der Waals surface area contributed by atoms with Gasteiger partial charge in [0.15, 0.2) is 0 Å². The lowest BCUT2D eigenvalue weighted by Crippen LogP contribution is -2.58. The predicted octanol–water partition coefficient (Wildman–Crippen LogP) is 2.04. The van der Waals surface area contributed by atoms with Crippen LogP contribution in [0.25, 0.3) is 0 Å². The van der Waals surface area contributed by atoms with Crippen molar-refractivity contribution in [3.8, 4) is 0 Å². The molecule has 0 aromatic rings. The Labute approximate surface area is 112 Å². The van der Waals surface area contributed by atoms with Gasteiger partial charge < -0.3 is 10.1 Å². The molecule has 0 aliphatic heterocycles. The van der Waals surface area contributed by atoms with Gasteiger partial charge in [-0.15, -0.1) is 0 Å². The van der Waals surface area contributed by atoms with Crippen LogP contribution < -0.4 is 5.32 Å². The van der Waals surface area contributed by atoms with E-state index in [2.05, 4.69) is 37.9 Å². The van der Waals surface area contributed by atoms with E-state index in [0.29, 0.717) is 12.6 Å². The summed E-state index contributed by atoms with van der Waals surface area (Å²) >= 11 is 0. The number of hydrogen-bond donors (Lipinski definition) is 1. The van der Waals surface area contributed by atoms with Crippen LogP contribution in [0.1, 0.15) is 47.5 Å². The van der Waals surface area contributed by atoms with E-state index >= 15 is 0 Å². The molecule has 0 bridgehead atoms. The van der Waals surface area contributed by atoms with Crippen LogP contribution in [-0.2, 0) is 9.53 Å². The number of nitrogens with one attached hydrogen (secondary N) is 1. The van der Waals surface area contributed by atoms with Crippen molar-refractivity contribution in [2.24, 2.45) is 0 Å². The van der Waals surface area contributed by atoms with E-state index in [1.54, 1.807) is 0 Å². The first-order valence-corrected chi connectivity index (χ1v) is 6.98. The van der Waals surface area contributed by atoms with Crippen LogP contribution in [0.15, 0.2) is 0 Å². The van der Waals surface area contributed by atoms with Crippen LogP contribution >= 0.6 is 0 Å². The number of carbonyl (C=O) groups is 1. The number of rotatable bonds is 9. The van der Waals surface area contributed by atoms with Crippen molar-refractivity contribution >= 4 is 5.97 Å². The maximum atomic E-state index is 12.0. The molecule has 18 heavy (non-hydrogen) atoms. The normalized spacial score (nSPS) is 14.9.